The molecule has 1 N–H and O–H groups in total. The van der Waals surface area contributed by atoms with Gasteiger partial charge in [-0.05, 0) is 24.3 Å². The first-order valence-electron chi connectivity index (χ1n) is 6.25. The Kier molecular flexibility index (Phi) is 3.59. The number of hydrogen-bond acceptors (Lipinski definition) is 4. The van der Waals surface area contributed by atoms with E-state index in [1.54, 1.807) is 6.07 Å². The molecule has 102 valence electrons. The van der Waals surface area contributed by atoms with Crippen LogP contribution in [0.2, 0.25) is 5.02 Å². The van der Waals surface area contributed by atoms with Gasteiger partial charge in [0, 0.05) is 6.20 Å². The van der Waals surface area contributed by atoms with Crippen LogP contribution in [0.25, 0.3) is 16.7 Å². The number of halogens is 1. The van der Waals surface area contributed by atoms with Crippen molar-refractivity contribution in [2.24, 2.45) is 0 Å². The van der Waals surface area contributed by atoms with Crippen molar-refractivity contribution in [3.05, 3.63) is 65.6 Å². The van der Waals surface area contributed by atoms with Crippen LogP contribution < -0.4 is 5.32 Å². The van der Waals surface area contributed by atoms with Gasteiger partial charge >= 0.3 is 0 Å². The molecule has 0 aliphatic heterocycles. The second-order valence-electron chi connectivity index (χ2n) is 4.28. The zero-order valence-corrected chi connectivity index (χ0v) is 11.6. The van der Waals surface area contributed by atoms with Gasteiger partial charge in [0.15, 0.2) is 5.58 Å². The number of benzene rings is 2. The van der Waals surface area contributed by atoms with Gasteiger partial charge in [0.1, 0.15) is 17.2 Å². The van der Waals surface area contributed by atoms with Gasteiger partial charge < -0.3 is 9.73 Å². The zero-order valence-electron chi connectivity index (χ0n) is 10.9. The normalized spacial score (nSPS) is 11.3. The van der Waals surface area contributed by atoms with E-state index >= 15 is 0 Å². The van der Waals surface area contributed by atoms with E-state index in [2.05, 4.69) is 16.4 Å². The van der Waals surface area contributed by atoms with Crippen LogP contribution in [0, 0.1) is 11.3 Å². The van der Waals surface area contributed by atoms with Gasteiger partial charge in [-0.25, -0.2) is 4.98 Å². The number of hydrogen-bond donors (Lipinski definition) is 1. The van der Waals surface area contributed by atoms with Gasteiger partial charge in [0.2, 0.25) is 5.89 Å². The zero-order chi connectivity index (χ0) is 14.7. The summed E-state index contributed by atoms with van der Waals surface area (Å²) in [6.45, 7) is 0. The topological polar surface area (TPSA) is 61.9 Å². The predicted molar refractivity (Wildman–Crippen MR) is 82.7 cm³/mol. The van der Waals surface area contributed by atoms with Crippen LogP contribution >= 0.6 is 11.6 Å². The molecule has 21 heavy (non-hydrogen) atoms. The smallest absolute Gasteiger partial charge is 0.239 e. The maximum atomic E-state index is 9.26. The molecular formula is C16H10ClN3O. The van der Waals surface area contributed by atoms with E-state index in [1.165, 1.54) is 6.20 Å². The number of nitrogens with one attached hydrogen (secondary N) is 1. The number of nitriles is 1. The highest BCUT2D eigenvalue weighted by Gasteiger charge is 2.10. The molecule has 0 fully saturated rings. The van der Waals surface area contributed by atoms with E-state index in [0.717, 1.165) is 0 Å². The van der Waals surface area contributed by atoms with Gasteiger partial charge in [-0.2, -0.15) is 5.26 Å². The molecular weight excluding hydrogens is 286 g/mol. The lowest BCUT2D eigenvalue weighted by atomic mass is 10.3. The third kappa shape index (κ3) is 2.73. The van der Waals surface area contributed by atoms with Crippen LogP contribution in [0.5, 0.6) is 0 Å². The van der Waals surface area contributed by atoms with Crippen LogP contribution in [0.1, 0.15) is 5.89 Å². The first-order valence-corrected chi connectivity index (χ1v) is 6.63. The fraction of sp³-hybridized carbons (Fsp3) is 0. The van der Waals surface area contributed by atoms with Gasteiger partial charge in [-0.15, -0.1) is 0 Å². The molecule has 1 heterocycles. The van der Waals surface area contributed by atoms with Gasteiger partial charge in [-0.3, -0.25) is 0 Å². The van der Waals surface area contributed by atoms with Crippen molar-refractivity contribution < 1.29 is 4.42 Å². The quantitative estimate of drug-likeness (QED) is 0.725. The Bertz CT molecular complexity index is 828. The highest BCUT2D eigenvalue weighted by atomic mass is 35.5. The summed E-state index contributed by atoms with van der Waals surface area (Å²) in [4.78, 5) is 4.29. The van der Waals surface area contributed by atoms with Crippen LogP contribution in [0.15, 0.2) is 59.1 Å². The van der Waals surface area contributed by atoms with Gasteiger partial charge in [0.25, 0.3) is 0 Å². The van der Waals surface area contributed by atoms with E-state index in [9.17, 15) is 5.26 Å². The molecule has 0 aliphatic rings. The lowest BCUT2D eigenvalue weighted by Gasteiger charge is -2.02. The summed E-state index contributed by atoms with van der Waals surface area (Å²) >= 11 is 6.05. The fourth-order valence-electron chi connectivity index (χ4n) is 1.86. The van der Waals surface area contributed by atoms with E-state index in [0.29, 0.717) is 27.4 Å². The Hall–Kier alpha value is -2.77. The molecule has 0 bridgehead atoms. The second-order valence-corrected chi connectivity index (χ2v) is 4.69. The number of fused-ring (bicyclic) bond motifs is 1. The molecule has 0 saturated carbocycles. The molecule has 0 saturated heterocycles. The third-order valence-corrected chi connectivity index (χ3v) is 3.22. The average Bonchev–Trinajstić information content (AvgIpc) is 2.93. The van der Waals surface area contributed by atoms with Crippen LogP contribution in [0.4, 0.5) is 5.69 Å². The van der Waals surface area contributed by atoms with Crippen molar-refractivity contribution in [3.8, 4) is 6.07 Å². The largest absolute Gasteiger partial charge is 0.435 e. The number of aromatic nitrogens is 1. The highest BCUT2D eigenvalue weighted by molar-refractivity contribution is 6.33. The van der Waals surface area contributed by atoms with Crippen molar-refractivity contribution >= 4 is 34.0 Å². The lowest BCUT2D eigenvalue weighted by molar-refractivity contribution is 0.586. The number of rotatable bonds is 3. The summed E-state index contributed by atoms with van der Waals surface area (Å²) in [5.41, 5.74) is 2.37. The highest BCUT2D eigenvalue weighted by Crippen LogP contribution is 2.23. The number of oxazole rings is 1. The molecule has 1 aromatic heterocycles. The molecule has 4 nitrogen and oxygen atoms in total. The molecule has 0 atom stereocenters. The molecule has 3 aromatic rings. The van der Waals surface area contributed by atoms with Crippen molar-refractivity contribution in [1.82, 2.24) is 4.98 Å². The number of para-hydroxylation sites is 3. The van der Waals surface area contributed by atoms with Gasteiger partial charge in [-0.1, -0.05) is 35.9 Å². The monoisotopic (exact) mass is 295 g/mol. The standard InChI is InChI=1S/C16H10ClN3O/c17-12-5-1-2-6-13(12)19-10-11(9-18)16-20-14-7-3-4-8-15(14)21-16/h1-8,10,19H. The summed E-state index contributed by atoms with van der Waals surface area (Å²) in [7, 11) is 0. The first kappa shape index (κ1) is 13.2. The van der Waals surface area contributed by atoms with Crippen molar-refractivity contribution in [2.45, 2.75) is 0 Å². The summed E-state index contributed by atoms with van der Waals surface area (Å²) in [5.74, 6) is 0.276. The number of nitrogens with zero attached hydrogens (tertiary/aromatic N) is 2. The third-order valence-electron chi connectivity index (χ3n) is 2.89. The molecule has 5 heteroatoms. The number of allylic oxidation sites excluding steroid dienone is 1. The molecule has 0 amide bonds. The minimum Gasteiger partial charge on any atom is -0.435 e. The van der Waals surface area contributed by atoms with Crippen LogP contribution in [-0.2, 0) is 0 Å². The van der Waals surface area contributed by atoms with Gasteiger partial charge in [0.05, 0.1) is 10.7 Å². The maximum absolute atomic E-state index is 9.26. The average molecular weight is 296 g/mol. The second kappa shape index (κ2) is 5.70. The Labute approximate surface area is 126 Å². The molecule has 0 unspecified atom stereocenters. The van der Waals surface area contributed by atoms with Crippen molar-refractivity contribution in [2.75, 3.05) is 5.32 Å². The molecule has 3 rings (SSSR count). The van der Waals surface area contributed by atoms with Crippen LogP contribution in [0.3, 0.4) is 0 Å². The van der Waals surface area contributed by atoms with Crippen LogP contribution in [-0.4, -0.2) is 4.98 Å². The molecule has 0 spiro atoms. The summed E-state index contributed by atoms with van der Waals surface area (Å²) in [5, 5.41) is 12.8. The minimum absolute atomic E-state index is 0.276. The summed E-state index contributed by atoms with van der Waals surface area (Å²) in [6, 6.07) is 16.7. The summed E-state index contributed by atoms with van der Waals surface area (Å²) in [6.07, 6.45) is 1.53. The number of anilines is 1. The molecule has 0 radical (unpaired) electrons. The first-order chi connectivity index (χ1) is 10.3. The molecule has 2 aromatic carbocycles. The van der Waals surface area contributed by atoms with E-state index in [-0.39, 0.29) is 5.89 Å². The Morgan fingerprint density at radius 2 is 1.95 bits per heavy atom. The maximum Gasteiger partial charge on any atom is 0.239 e. The van der Waals surface area contributed by atoms with E-state index < -0.39 is 0 Å². The SMILES string of the molecule is N#CC(=CNc1ccccc1Cl)c1nc2ccccc2o1. The molecule has 0 aliphatic carbocycles. The predicted octanol–water partition coefficient (Wildman–Crippen LogP) is 4.46. The van der Waals surface area contributed by atoms with Crippen molar-refractivity contribution in [1.29, 1.82) is 5.26 Å². The van der Waals surface area contributed by atoms with E-state index in [4.69, 9.17) is 16.0 Å². The Balaban J connectivity index is 1.93. The Morgan fingerprint density at radius 1 is 1.19 bits per heavy atom. The lowest BCUT2D eigenvalue weighted by Crippen LogP contribution is -1.91. The van der Waals surface area contributed by atoms with Crippen molar-refractivity contribution in [3.63, 3.8) is 0 Å². The fourth-order valence-corrected chi connectivity index (χ4v) is 2.05. The minimum atomic E-state index is 0.276. The van der Waals surface area contributed by atoms with E-state index in [1.807, 2.05) is 42.5 Å². The summed E-state index contributed by atoms with van der Waals surface area (Å²) < 4.78 is 5.56. The Morgan fingerprint density at radius 3 is 2.71 bits per heavy atom.